The van der Waals surface area contributed by atoms with Gasteiger partial charge in [-0.15, -0.1) is 12.4 Å². The molecule has 18 heavy (non-hydrogen) atoms. The predicted octanol–water partition coefficient (Wildman–Crippen LogP) is 0.922. The molecule has 1 saturated heterocycles. The van der Waals surface area contributed by atoms with Crippen molar-refractivity contribution in [2.75, 3.05) is 6.54 Å². The molecule has 1 aliphatic heterocycles. The molecule has 1 aromatic heterocycles. The van der Waals surface area contributed by atoms with Crippen molar-refractivity contribution in [1.82, 2.24) is 15.0 Å². The Labute approximate surface area is 114 Å². The minimum atomic E-state index is -3.45. The standard InChI is InChI=1S/C11H17N3O2S.ClH/c1-9-11(5-3-7-13-9)14-17(15,16)10-4-2-6-12-8-10;/h2,4,6,8-9,11,13-14H,3,5,7H2,1H3;1H. The smallest absolute Gasteiger partial charge is 0.242 e. The third kappa shape index (κ3) is 3.65. The molecule has 7 heteroatoms. The first-order valence-electron chi connectivity index (χ1n) is 5.75. The Kier molecular flexibility index (Phi) is 5.52. The lowest BCUT2D eigenvalue weighted by atomic mass is 10.0. The number of pyridine rings is 1. The van der Waals surface area contributed by atoms with Crippen molar-refractivity contribution in [2.24, 2.45) is 0 Å². The van der Waals surface area contributed by atoms with Crippen molar-refractivity contribution in [1.29, 1.82) is 0 Å². The van der Waals surface area contributed by atoms with Crippen LogP contribution in [0.4, 0.5) is 0 Å². The van der Waals surface area contributed by atoms with E-state index in [4.69, 9.17) is 0 Å². The van der Waals surface area contributed by atoms with Gasteiger partial charge in [0.1, 0.15) is 4.90 Å². The number of hydrogen-bond acceptors (Lipinski definition) is 4. The van der Waals surface area contributed by atoms with Gasteiger partial charge >= 0.3 is 0 Å². The van der Waals surface area contributed by atoms with E-state index in [1.165, 1.54) is 6.20 Å². The minimum absolute atomic E-state index is 0. The Bertz CT molecular complexity index is 466. The summed E-state index contributed by atoms with van der Waals surface area (Å²) in [4.78, 5) is 4.05. The zero-order valence-corrected chi connectivity index (χ0v) is 11.8. The molecule has 0 amide bonds. The SMILES string of the molecule is CC1NCCCC1NS(=O)(=O)c1cccnc1.Cl. The Balaban J connectivity index is 0.00000162. The van der Waals surface area contributed by atoms with Gasteiger partial charge in [0.15, 0.2) is 0 Å². The number of sulfonamides is 1. The molecule has 2 atom stereocenters. The number of halogens is 1. The molecule has 0 bridgehead atoms. The third-order valence-corrected chi connectivity index (χ3v) is 4.49. The van der Waals surface area contributed by atoms with Crippen LogP contribution in [0.15, 0.2) is 29.4 Å². The molecular weight excluding hydrogens is 274 g/mol. The molecule has 0 aromatic carbocycles. The fourth-order valence-corrected chi connectivity index (χ4v) is 3.29. The van der Waals surface area contributed by atoms with Crippen molar-refractivity contribution in [3.8, 4) is 0 Å². The first-order valence-corrected chi connectivity index (χ1v) is 7.23. The summed E-state index contributed by atoms with van der Waals surface area (Å²) in [5.41, 5.74) is 0. The van der Waals surface area contributed by atoms with E-state index in [0.29, 0.717) is 0 Å². The number of hydrogen-bond donors (Lipinski definition) is 2. The Morgan fingerprint density at radius 2 is 2.28 bits per heavy atom. The summed E-state index contributed by atoms with van der Waals surface area (Å²) >= 11 is 0. The number of rotatable bonds is 3. The molecule has 1 aliphatic rings. The van der Waals surface area contributed by atoms with Crippen molar-refractivity contribution in [3.05, 3.63) is 24.5 Å². The molecule has 5 nitrogen and oxygen atoms in total. The Morgan fingerprint density at radius 1 is 1.50 bits per heavy atom. The summed E-state index contributed by atoms with van der Waals surface area (Å²) in [6.45, 7) is 2.95. The van der Waals surface area contributed by atoms with E-state index in [0.717, 1.165) is 19.4 Å². The maximum Gasteiger partial charge on any atom is 0.242 e. The molecule has 0 spiro atoms. The van der Waals surface area contributed by atoms with Crippen LogP contribution in [0.2, 0.25) is 0 Å². The van der Waals surface area contributed by atoms with Gasteiger partial charge < -0.3 is 5.32 Å². The zero-order valence-electron chi connectivity index (χ0n) is 10.2. The van der Waals surface area contributed by atoms with Gasteiger partial charge in [0.25, 0.3) is 0 Å². The van der Waals surface area contributed by atoms with Gasteiger partial charge in [-0.25, -0.2) is 13.1 Å². The first-order chi connectivity index (χ1) is 8.09. The average Bonchev–Trinajstić information content (AvgIpc) is 2.33. The van der Waals surface area contributed by atoms with Crippen LogP contribution in [0, 0.1) is 0 Å². The topological polar surface area (TPSA) is 71.1 Å². The van der Waals surface area contributed by atoms with Crippen LogP contribution in [-0.4, -0.2) is 32.0 Å². The van der Waals surface area contributed by atoms with Crippen LogP contribution >= 0.6 is 12.4 Å². The van der Waals surface area contributed by atoms with Crippen LogP contribution in [0.3, 0.4) is 0 Å². The lowest BCUT2D eigenvalue weighted by molar-refractivity contribution is 0.349. The van der Waals surface area contributed by atoms with E-state index in [1.54, 1.807) is 18.3 Å². The third-order valence-electron chi connectivity index (χ3n) is 3.01. The molecule has 0 radical (unpaired) electrons. The normalized spacial score (nSPS) is 24.3. The quantitative estimate of drug-likeness (QED) is 0.869. The summed E-state index contributed by atoms with van der Waals surface area (Å²) in [7, 11) is -3.45. The second-order valence-corrected chi connectivity index (χ2v) is 6.02. The Hall–Kier alpha value is -0.690. The Morgan fingerprint density at radius 3 is 2.89 bits per heavy atom. The zero-order chi connectivity index (χ0) is 12.3. The van der Waals surface area contributed by atoms with Crippen LogP contribution in [0.1, 0.15) is 19.8 Å². The van der Waals surface area contributed by atoms with Crippen molar-refractivity contribution in [3.63, 3.8) is 0 Å². The molecule has 2 heterocycles. The number of nitrogens with zero attached hydrogens (tertiary/aromatic N) is 1. The first kappa shape index (κ1) is 15.4. The van der Waals surface area contributed by atoms with Gasteiger partial charge in [-0.3, -0.25) is 4.98 Å². The molecule has 102 valence electrons. The predicted molar refractivity (Wildman–Crippen MR) is 72.3 cm³/mol. The monoisotopic (exact) mass is 291 g/mol. The summed E-state index contributed by atoms with van der Waals surface area (Å²) in [6.07, 6.45) is 4.78. The van der Waals surface area contributed by atoms with Crippen LogP contribution in [0.25, 0.3) is 0 Å². The van der Waals surface area contributed by atoms with E-state index in [2.05, 4.69) is 15.0 Å². The van der Waals surface area contributed by atoms with E-state index >= 15 is 0 Å². The number of aromatic nitrogens is 1. The fourth-order valence-electron chi connectivity index (χ4n) is 1.98. The molecule has 2 N–H and O–H groups in total. The number of nitrogens with one attached hydrogen (secondary N) is 2. The highest BCUT2D eigenvalue weighted by Crippen LogP contribution is 2.13. The van der Waals surface area contributed by atoms with Gasteiger partial charge in [-0.2, -0.15) is 0 Å². The minimum Gasteiger partial charge on any atom is -0.313 e. The second-order valence-electron chi connectivity index (χ2n) is 4.30. The van der Waals surface area contributed by atoms with Gasteiger partial charge in [-0.05, 0) is 38.4 Å². The lowest BCUT2D eigenvalue weighted by Gasteiger charge is -2.30. The van der Waals surface area contributed by atoms with Crippen molar-refractivity contribution < 1.29 is 8.42 Å². The van der Waals surface area contributed by atoms with Gasteiger partial charge in [0.2, 0.25) is 10.0 Å². The van der Waals surface area contributed by atoms with Crippen molar-refractivity contribution >= 4 is 22.4 Å². The average molecular weight is 292 g/mol. The highest BCUT2D eigenvalue weighted by atomic mass is 35.5. The largest absolute Gasteiger partial charge is 0.313 e. The summed E-state index contributed by atoms with van der Waals surface area (Å²) < 4.78 is 26.9. The molecule has 0 saturated carbocycles. The molecule has 2 unspecified atom stereocenters. The van der Waals surface area contributed by atoms with Crippen LogP contribution < -0.4 is 10.0 Å². The highest BCUT2D eigenvalue weighted by molar-refractivity contribution is 7.89. The molecular formula is C11H18ClN3O2S. The maximum atomic E-state index is 12.1. The maximum absolute atomic E-state index is 12.1. The van der Waals surface area contributed by atoms with Gasteiger partial charge in [0.05, 0.1) is 0 Å². The second kappa shape index (κ2) is 6.47. The summed E-state index contributed by atoms with van der Waals surface area (Å²) in [5, 5.41) is 3.26. The van der Waals surface area contributed by atoms with Gasteiger partial charge in [-0.1, -0.05) is 0 Å². The highest BCUT2D eigenvalue weighted by Gasteiger charge is 2.26. The molecule has 0 aliphatic carbocycles. The van der Waals surface area contributed by atoms with Crippen LogP contribution in [-0.2, 0) is 10.0 Å². The van der Waals surface area contributed by atoms with Crippen molar-refractivity contribution in [2.45, 2.75) is 36.7 Å². The lowest BCUT2D eigenvalue weighted by Crippen LogP contribution is -2.51. The van der Waals surface area contributed by atoms with Crippen LogP contribution in [0.5, 0.6) is 0 Å². The van der Waals surface area contributed by atoms with Gasteiger partial charge in [0, 0.05) is 24.5 Å². The van der Waals surface area contributed by atoms with E-state index in [9.17, 15) is 8.42 Å². The molecule has 2 rings (SSSR count). The molecule has 1 aromatic rings. The fraction of sp³-hybridized carbons (Fsp3) is 0.545. The summed E-state index contributed by atoms with van der Waals surface area (Å²) in [5.74, 6) is 0. The van der Waals surface area contributed by atoms with E-state index in [1.807, 2.05) is 6.92 Å². The summed E-state index contributed by atoms with van der Waals surface area (Å²) in [6, 6.07) is 3.29. The number of piperidine rings is 1. The molecule has 1 fully saturated rings. The van der Waals surface area contributed by atoms with E-state index < -0.39 is 10.0 Å². The van der Waals surface area contributed by atoms with E-state index in [-0.39, 0.29) is 29.4 Å².